The van der Waals surface area contributed by atoms with Crippen LogP contribution in [-0.2, 0) is 25.7 Å². The fourth-order valence-electron chi connectivity index (χ4n) is 3.07. The molecule has 1 aromatic carbocycles. The molecule has 4 rings (SSSR count). The predicted octanol–water partition coefficient (Wildman–Crippen LogP) is 3.76. The molecule has 1 N–H and O–H groups in total. The summed E-state index contributed by atoms with van der Waals surface area (Å²) in [5, 5.41) is 3.24. The third-order valence-corrected chi connectivity index (χ3v) is 5.51. The van der Waals surface area contributed by atoms with Crippen molar-refractivity contribution in [2.45, 2.75) is 25.7 Å². The first kappa shape index (κ1) is 19.5. The number of anilines is 1. The second-order valence-electron chi connectivity index (χ2n) is 6.59. The van der Waals surface area contributed by atoms with Gasteiger partial charge in [0.25, 0.3) is 5.91 Å². The maximum atomic E-state index is 12.7. The van der Waals surface area contributed by atoms with Gasteiger partial charge in [-0.25, -0.2) is 9.97 Å². The number of hydrogen-bond donors (Lipinski definition) is 1. The van der Waals surface area contributed by atoms with E-state index >= 15 is 0 Å². The molecule has 1 amide bonds. The lowest BCUT2D eigenvalue weighted by molar-refractivity contribution is -0.137. The molecule has 29 heavy (non-hydrogen) atoms. The van der Waals surface area contributed by atoms with E-state index in [1.807, 2.05) is 0 Å². The molecule has 0 spiro atoms. The molecule has 0 radical (unpaired) electrons. The summed E-state index contributed by atoms with van der Waals surface area (Å²) < 4.78 is 38.1. The summed E-state index contributed by atoms with van der Waals surface area (Å²) >= 11 is 1.40. The zero-order valence-corrected chi connectivity index (χ0v) is 15.9. The van der Waals surface area contributed by atoms with Gasteiger partial charge in [-0.2, -0.15) is 13.2 Å². The molecule has 0 atom stereocenters. The monoisotopic (exact) mass is 419 g/mol. The maximum absolute atomic E-state index is 12.7. The van der Waals surface area contributed by atoms with Crippen LogP contribution in [0.25, 0.3) is 0 Å². The van der Waals surface area contributed by atoms with Gasteiger partial charge in [0.1, 0.15) is 5.69 Å². The number of aromatic nitrogens is 3. The Morgan fingerprint density at radius 2 is 2.00 bits per heavy atom. The fraction of sp³-hybridized carbons (Fsp3) is 0.263. The van der Waals surface area contributed by atoms with Crippen LogP contribution < -0.4 is 5.32 Å². The van der Waals surface area contributed by atoms with Crippen molar-refractivity contribution in [2.24, 2.45) is 0 Å². The van der Waals surface area contributed by atoms with Gasteiger partial charge in [-0.3, -0.25) is 20.0 Å². The Morgan fingerprint density at radius 1 is 1.21 bits per heavy atom. The van der Waals surface area contributed by atoms with Crippen LogP contribution in [0.15, 0.2) is 42.9 Å². The average molecular weight is 419 g/mol. The first-order valence-electron chi connectivity index (χ1n) is 8.83. The lowest BCUT2D eigenvalue weighted by Crippen LogP contribution is -2.29. The summed E-state index contributed by atoms with van der Waals surface area (Å²) in [5.74, 6) is -0.370. The quantitative estimate of drug-likeness (QED) is 0.697. The Hall–Kier alpha value is -2.85. The Morgan fingerprint density at radius 3 is 2.69 bits per heavy atom. The summed E-state index contributed by atoms with van der Waals surface area (Å²) in [6.45, 7) is 1.93. The van der Waals surface area contributed by atoms with Gasteiger partial charge in [0.2, 0.25) is 0 Å². The number of alkyl halides is 3. The minimum Gasteiger partial charge on any atom is -0.296 e. The zero-order chi connectivity index (χ0) is 20.4. The van der Waals surface area contributed by atoms with Crippen LogP contribution in [0.2, 0.25) is 0 Å². The lowest BCUT2D eigenvalue weighted by Gasteiger charge is -2.25. The molecule has 1 aliphatic heterocycles. The summed E-state index contributed by atoms with van der Waals surface area (Å²) in [4.78, 5) is 27.7. The van der Waals surface area contributed by atoms with E-state index in [4.69, 9.17) is 0 Å². The molecule has 0 saturated heterocycles. The SMILES string of the molecule is O=C(Nc1nc2c(s1)CN(Cc1ccc(C(F)(F)F)cc1)CC2)c1cnccn1. The number of benzene rings is 1. The van der Waals surface area contributed by atoms with E-state index in [-0.39, 0.29) is 11.6 Å². The number of nitrogens with zero attached hydrogens (tertiary/aromatic N) is 4. The number of halogens is 3. The second-order valence-corrected chi connectivity index (χ2v) is 7.67. The standard InChI is InChI=1S/C19H16F3N5OS/c20-19(21,22)13-3-1-12(2-4-13)10-27-8-5-14-16(11-27)29-18(25-14)26-17(28)15-9-23-6-7-24-15/h1-4,6-7,9H,5,8,10-11H2,(H,25,26,28). The first-order chi connectivity index (χ1) is 13.9. The van der Waals surface area contributed by atoms with Crippen LogP contribution in [0.1, 0.15) is 32.2 Å². The Balaban J connectivity index is 1.39. The van der Waals surface area contributed by atoms with Gasteiger partial charge in [0.15, 0.2) is 5.13 Å². The van der Waals surface area contributed by atoms with E-state index in [9.17, 15) is 18.0 Å². The number of thiazole rings is 1. The van der Waals surface area contributed by atoms with Crippen molar-refractivity contribution in [3.8, 4) is 0 Å². The highest BCUT2D eigenvalue weighted by Gasteiger charge is 2.30. The molecule has 0 fully saturated rings. The highest BCUT2D eigenvalue weighted by Crippen LogP contribution is 2.31. The van der Waals surface area contributed by atoms with E-state index in [1.165, 1.54) is 42.1 Å². The minimum absolute atomic E-state index is 0.213. The average Bonchev–Trinajstić information content (AvgIpc) is 3.10. The Labute approximate surface area is 168 Å². The van der Waals surface area contributed by atoms with Crippen LogP contribution in [0.5, 0.6) is 0 Å². The Kier molecular flexibility index (Phi) is 5.29. The highest BCUT2D eigenvalue weighted by atomic mass is 32.1. The highest BCUT2D eigenvalue weighted by molar-refractivity contribution is 7.15. The number of amides is 1. The van der Waals surface area contributed by atoms with Crippen LogP contribution in [0, 0.1) is 0 Å². The van der Waals surface area contributed by atoms with E-state index in [0.29, 0.717) is 24.6 Å². The fourth-order valence-corrected chi connectivity index (χ4v) is 4.12. The number of nitrogens with one attached hydrogen (secondary N) is 1. The molecule has 2 aromatic heterocycles. The number of fused-ring (bicyclic) bond motifs is 1. The van der Waals surface area contributed by atoms with Gasteiger partial charge < -0.3 is 0 Å². The number of hydrogen-bond acceptors (Lipinski definition) is 6. The van der Waals surface area contributed by atoms with Crippen molar-refractivity contribution < 1.29 is 18.0 Å². The second kappa shape index (κ2) is 7.88. The van der Waals surface area contributed by atoms with E-state index in [1.54, 1.807) is 0 Å². The normalized spacial score (nSPS) is 14.4. The summed E-state index contributed by atoms with van der Waals surface area (Å²) in [5.41, 5.74) is 1.33. The van der Waals surface area contributed by atoms with Gasteiger partial charge in [-0.1, -0.05) is 12.1 Å². The summed E-state index contributed by atoms with van der Waals surface area (Å²) in [6, 6.07) is 5.24. The molecule has 1 aliphatic rings. The van der Waals surface area contributed by atoms with Crippen molar-refractivity contribution in [3.63, 3.8) is 0 Å². The molecule has 10 heteroatoms. The van der Waals surface area contributed by atoms with Crippen LogP contribution in [0.3, 0.4) is 0 Å². The third kappa shape index (κ3) is 4.60. The molecule has 0 unspecified atom stereocenters. The van der Waals surface area contributed by atoms with Crippen molar-refractivity contribution in [1.82, 2.24) is 19.9 Å². The van der Waals surface area contributed by atoms with E-state index < -0.39 is 11.7 Å². The molecule has 150 valence electrons. The first-order valence-corrected chi connectivity index (χ1v) is 9.64. The van der Waals surface area contributed by atoms with Crippen molar-refractivity contribution in [2.75, 3.05) is 11.9 Å². The smallest absolute Gasteiger partial charge is 0.296 e. The maximum Gasteiger partial charge on any atom is 0.416 e. The molecule has 3 heterocycles. The van der Waals surface area contributed by atoms with E-state index in [0.717, 1.165) is 34.8 Å². The largest absolute Gasteiger partial charge is 0.416 e. The zero-order valence-electron chi connectivity index (χ0n) is 15.1. The van der Waals surface area contributed by atoms with Gasteiger partial charge in [0, 0.05) is 43.3 Å². The molecule has 3 aromatic rings. The van der Waals surface area contributed by atoms with Crippen molar-refractivity contribution >= 4 is 22.4 Å². The topological polar surface area (TPSA) is 71.0 Å². The van der Waals surface area contributed by atoms with Crippen molar-refractivity contribution in [3.05, 3.63) is 70.2 Å². The van der Waals surface area contributed by atoms with Gasteiger partial charge in [-0.15, -0.1) is 11.3 Å². The van der Waals surface area contributed by atoms with Gasteiger partial charge >= 0.3 is 6.18 Å². The number of carbonyl (C=O) groups excluding carboxylic acids is 1. The van der Waals surface area contributed by atoms with Crippen molar-refractivity contribution in [1.29, 1.82) is 0 Å². The Bertz CT molecular complexity index is 1000. The third-order valence-electron chi connectivity index (χ3n) is 4.51. The van der Waals surface area contributed by atoms with E-state index in [2.05, 4.69) is 25.2 Å². The lowest BCUT2D eigenvalue weighted by atomic mass is 10.1. The molecule has 0 bridgehead atoms. The minimum atomic E-state index is -4.33. The van der Waals surface area contributed by atoms with Gasteiger partial charge in [0.05, 0.1) is 17.5 Å². The molecule has 0 aliphatic carbocycles. The molecular weight excluding hydrogens is 403 g/mol. The van der Waals surface area contributed by atoms with Crippen LogP contribution >= 0.6 is 11.3 Å². The van der Waals surface area contributed by atoms with Crippen LogP contribution in [-0.4, -0.2) is 32.3 Å². The van der Waals surface area contributed by atoms with Gasteiger partial charge in [-0.05, 0) is 17.7 Å². The number of rotatable bonds is 4. The number of carbonyl (C=O) groups is 1. The summed E-state index contributed by atoms with van der Waals surface area (Å²) in [7, 11) is 0. The molecule has 0 saturated carbocycles. The molecule has 6 nitrogen and oxygen atoms in total. The predicted molar refractivity (Wildman–Crippen MR) is 101 cm³/mol. The summed E-state index contributed by atoms with van der Waals surface area (Å²) in [6.07, 6.45) is 0.709. The molecular formula is C19H16F3N5OS. The van der Waals surface area contributed by atoms with Crippen LogP contribution in [0.4, 0.5) is 18.3 Å².